The molecule has 1 aromatic carbocycles. The quantitative estimate of drug-likeness (QED) is 0.824. The lowest BCUT2D eigenvalue weighted by molar-refractivity contribution is 0.121. The Bertz CT molecular complexity index is 394. The van der Waals surface area contributed by atoms with Crippen LogP contribution in [-0.2, 0) is 0 Å². The molecule has 4 heteroatoms. The molecule has 0 fully saturated rings. The van der Waals surface area contributed by atoms with Gasteiger partial charge < -0.3 is 14.4 Å². The summed E-state index contributed by atoms with van der Waals surface area (Å²) >= 11 is 0. The summed E-state index contributed by atoms with van der Waals surface area (Å²) in [5.74, 6) is 0.995. The number of benzene rings is 1. The third kappa shape index (κ3) is 3.39. The van der Waals surface area contributed by atoms with Gasteiger partial charge in [0, 0.05) is 12.1 Å². The van der Waals surface area contributed by atoms with Crippen LogP contribution in [0.5, 0.6) is 11.5 Å². The van der Waals surface area contributed by atoms with Crippen molar-refractivity contribution in [1.29, 1.82) is 0 Å². The van der Waals surface area contributed by atoms with Gasteiger partial charge in [0.2, 0.25) is 0 Å². The first-order chi connectivity index (χ1) is 8.47. The molecule has 0 N–H and O–H groups in total. The molecule has 0 atom stereocenters. The number of rotatable bonds is 4. The Balaban J connectivity index is 2.86. The summed E-state index contributed by atoms with van der Waals surface area (Å²) in [6.45, 7) is 7.85. The van der Waals surface area contributed by atoms with E-state index >= 15 is 0 Å². The van der Waals surface area contributed by atoms with Crippen molar-refractivity contribution in [2.24, 2.45) is 0 Å². The van der Waals surface area contributed by atoms with Crippen LogP contribution in [0.2, 0.25) is 0 Å². The Kier molecular flexibility index (Phi) is 5.01. The predicted octanol–water partition coefficient (Wildman–Crippen LogP) is 3.31. The molecule has 0 radical (unpaired) electrons. The lowest BCUT2D eigenvalue weighted by Gasteiger charge is -2.29. The van der Waals surface area contributed by atoms with Crippen LogP contribution in [0.3, 0.4) is 0 Å². The van der Waals surface area contributed by atoms with Crippen molar-refractivity contribution in [2.45, 2.75) is 39.8 Å². The molecule has 100 valence electrons. The zero-order chi connectivity index (χ0) is 13.7. The van der Waals surface area contributed by atoms with Gasteiger partial charge in [-0.2, -0.15) is 0 Å². The van der Waals surface area contributed by atoms with Gasteiger partial charge in [0.05, 0.1) is 7.11 Å². The van der Waals surface area contributed by atoms with Gasteiger partial charge >= 0.3 is 6.09 Å². The number of hydrogen-bond acceptors (Lipinski definition) is 3. The second-order valence-electron chi connectivity index (χ2n) is 4.61. The van der Waals surface area contributed by atoms with Gasteiger partial charge in [-0.1, -0.05) is 12.1 Å². The molecular weight excluding hydrogens is 230 g/mol. The molecule has 0 saturated heterocycles. The lowest BCUT2D eigenvalue weighted by Crippen LogP contribution is -2.43. The Morgan fingerprint density at radius 2 is 1.56 bits per heavy atom. The van der Waals surface area contributed by atoms with E-state index in [4.69, 9.17) is 9.47 Å². The minimum absolute atomic E-state index is 0.0900. The van der Waals surface area contributed by atoms with Gasteiger partial charge in [-0.3, -0.25) is 0 Å². The highest BCUT2D eigenvalue weighted by molar-refractivity contribution is 5.72. The Hall–Kier alpha value is -1.71. The lowest BCUT2D eigenvalue weighted by atomic mass is 10.2. The number of carbonyl (C=O) groups excluding carboxylic acids is 1. The van der Waals surface area contributed by atoms with Crippen LogP contribution in [0.15, 0.2) is 24.3 Å². The number of amides is 1. The fourth-order valence-corrected chi connectivity index (χ4v) is 1.87. The van der Waals surface area contributed by atoms with Crippen LogP contribution in [0.4, 0.5) is 4.79 Å². The summed E-state index contributed by atoms with van der Waals surface area (Å²) in [6.07, 6.45) is -0.357. The number of carbonyl (C=O) groups is 1. The third-order valence-corrected chi connectivity index (χ3v) is 2.59. The number of nitrogens with zero attached hydrogens (tertiary/aromatic N) is 1. The Morgan fingerprint density at radius 1 is 1.06 bits per heavy atom. The number of ether oxygens (including phenoxy) is 2. The van der Waals surface area contributed by atoms with Crippen LogP contribution in [0.1, 0.15) is 27.7 Å². The van der Waals surface area contributed by atoms with E-state index in [-0.39, 0.29) is 18.2 Å². The minimum Gasteiger partial charge on any atom is -0.493 e. The predicted molar refractivity (Wildman–Crippen MR) is 71.1 cm³/mol. The first-order valence-electron chi connectivity index (χ1n) is 6.10. The van der Waals surface area contributed by atoms with Gasteiger partial charge in [0.25, 0.3) is 0 Å². The monoisotopic (exact) mass is 251 g/mol. The first kappa shape index (κ1) is 14.4. The molecule has 0 bridgehead atoms. The summed E-state index contributed by atoms with van der Waals surface area (Å²) in [4.78, 5) is 13.8. The van der Waals surface area contributed by atoms with Crippen LogP contribution < -0.4 is 9.47 Å². The minimum atomic E-state index is -0.357. The fourth-order valence-electron chi connectivity index (χ4n) is 1.87. The van der Waals surface area contributed by atoms with Crippen molar-refractivity contribution >= 4 is 6.09 Å². The molecule has 1 aromatic rings. The molecular formula is C14H21NO3. The maximum atomic E-state index is 12.1. The van der Waals surface area contributed by atoms with E-state index < -0.39 is 0 Å². The third-order valence-electron chi connectivity index (χ3n) is 2.59. The molecule has 0 aliphatic carbocycles. The first-order valence-corrected chi connectivity index (χ1v) is 6.10. The van der Waals surface area contributed by atoms with E-state index in [0.717, 1.165) is 0 Å². The average Bonchev–Trinajstić information content (AvgIpc) is 2.28. The van der Waals surface area contributed by atoms with E-state index in [1.54, 1.807) is 30.2 Å². The Morgan fingerprint density at radius 3 is 2.00 bits per heavy atom. The highest BCUT2D eigenvalue weighted by atomic mass is 16.6. The van der Waals surface area contributed by atoms with Crippen molar-refractivity contribution in [3.05, 3.63) is 24.3 Å². The molecule has 0 spiro atoms. The van der Waals surface area contributed by atoms with E-state index in [1.165, 1.54) is 0 Å². The molecule has 4 nitrogen and oxygen atoms in total. The summed E-state index contributed by atoms with van der Waals surface area (Å²) in [6, 6.07) is 7.30. The van der Waals surface area contributed by atoms with Crippen LogP contribution in [0.25, 0.3) is 0 Å². The fraction of sp³-hybridized carbons (Fsp3) is 0.500. The van der Waals surface area contributed by atoms with Crippen molar-refractivity contribution < 1.29 is 14.3 Å². The smallest absolute Gasteiger partial charge is 0.415 e. The van der Waals surface area contributed by atoms with Crippen LogP contribution in [-0.4, -0.2) is 30.2 Å². The average molecular weight is 251 g/mol. The number of hydrogen-bond donors (Lipinski definition) is 0. The molecule has 18 heavy (non-hydrogen) atoms. The highest BCUT2D eigenvalue weighted by Gasteiger charge is 2.22. The van der Waals surface area contributed by atoms with Gasteiger partial charge in [0.1, 0.15) is 0 Å². The molecule has 0 heterocycles. The number of methoxy groups -OCH3 is 1. The van der Waals surface area contributed by atoms with Crippen molar-refractivity contribution in [3.63, 3.8) is 0 Å². The SMILES string of the molecule is COc1ccccc1OC(=O)N(C(C)C)C(C)C. The van der Waals surface area contributed by atoms with E-state index in [0.29, 0.717) is 11.5 Å². The van der Waals surface area contributed by atoms with Crippen molar-refractivity contribution in [2.75, 3.05) is 7.11 Å². The van der Waals surface area contributed by atoms with Crippen molar-refractivity contribution in [1.82, 2.24) is 4.90 Å². The molecule has 0 aromatic heterocycles. The summed E-state index contributed by atoms with van der Waals surface area (Å²) in [5, 5.41) is 0. The van der Waals surface area contributed by atoms with Gasteiger partial charge in [0.15, 0.2) is 11.5 Å². The molecule has 1 amide bonds. The Labute approximate surface area is 108 Å². The van der Waals surface area contributed by atoms with E-state index in [1.807, 2.05) is 33.8 Å². The molecule has 0 aliphatic heterocycles. The molecule has 0 saturated carbocycles. The van der Waals surface area contributed by atoms with E-state index in [9.17, 15) is 4.79 Å². The van der Waals surface area contributed by atoms with E-state index in [2.05, 4.69) is 0 Å². The van der Waals surface area contributed by atoms with Gasteiger partial charge in [-0.25, -0.2) is 4.79 Å². The van der Waals surface area contributed by atoms with Crippen molar-refractivity contribution in [3.8, 4) is 11.5 Å². The zero-order valence-corrected chi connectivity index (χ0v) is 11.6. The maximum Gasteiger partial charge on any atom is 0.415 e. The van der Waals surface area contributed by atoms with Crippen LogP contribution in [0, 0.1) is 0 Å². The zero-order valence-electron chi connectivity index (χ0n) is 11.6. The second kappa shape index (κ2) is 6.28. The van der Waals surface area contributed by atoms with Gasteiger partial charge in [-0.15, -0.1) is 0 Å². The summed E-state index contributed by atoms with van der Waals surface area (Å²) in [5.41, 5.74) is 0. The summed E-state index contributed by atoms with van der Waals surface area (Å²) in [7, 11) is 1.55. The second-order valence-corrected chi connectivity index (χ2v) is 4.61. The number of para-hydroxylation sites is 2. The maximum absolute atomic E-state index is 12.1. The summed E-state index contributed by atoms with van der Waals surface area (Å²) < 4.78 is 10.5. The normalized spacial score (nSPS) is 10.6. The standard InChI is InChI=1S/C14H21NO3/c1-10(2)15(11(3)4)14(16)18-13-9-7-6-8-12(13)17-5/h6-11H,1-5H3. The topological polar surface area (TPSA) is 38.8 Å². The highest BCUT2D eigenvalue weighted by Crippen LogP contribution is 2.26. The molecule has 1 rings (SSSR count). The van der Waals surface area contributed by atoms with Crippen LogP contribution >= 0.6 is 0 Å². The van der Waals surface area contributed by atoms with Gasteiger partial charge in [-0.05, 0) is 39.8 Å². The largest absolute Gasteiger partial charge is 0.493 e. The molecule has 0 aliphatic rings. The molecule has 0 unspecified atom stereocenters.